The van der Waals surface area contributed by atoms with Crippen LogP contribution in [0, 0.1) is 5.92 Å². The number of hydrogen-bond acceptors (Lipinski definition) is 6. The van der Waals surface area contributed by atoms with Crippen LogP contribution in [0.4, 0.5) is 0 Å². The monoisotopic (exact) mass is 311 g/mol. The molecule has 0 radical (unpaired) electrons. The first-order valence-electron chi connectivity index (χ1n) is 7.54. The highest BCUT2D eigenvalue weighted by Crippen LogP contribution is 2.33. The molecule has 2 heterocycles. The number of rotatable bonds is 7. The maximum Gasteiger partial charge on any atom is 0.240 e. The van der Waals surface area contributed by atoms with Crippen LogP contribution in [0.1, 0.15) is 37.9 Å². The highest BCUT2D eigenvalue weighted by Gasteiger charge is 2.24. The fraction of sp³-hybridized carbons (Fsp3) is 0.733. The molecule has 1 aromatic heterocycles. The minimum Gasteiger partial charge on any atom is -0.480 e. The molecule has 118 valence electrons. The summed E-state index contributed by atoms with van der Waals surface area (Å²) in [6.45, 7) is 3.02. The van der Waals surface area contributed by atoms with E-state index in [4.69, 9.17) is 9.47 Å². The van der Waals surface area contributed by atoms with Gasteiger partial charge in [0, 0.05) is 0 Å². The van der Waals surface area contributed by atoms with Crippen LogP contribution in [0.25, 0.3) is 0 Å². The van der Waals surface area contributed by atoms with Crippen molar-refractivity contribution in [3.63, 3.8) is 0 Å². The zero-order chi connectivity index (χ0) is 15.1. The Hall–Kier alpha value is -1.01. The van der Waals surface area contributed by atoms with Crippen molar-refractivity contribution in [2.75, 3.05) is 32.3 Å². The summed E-state index contributed by atoms with van der Waals surface area (Å²) in [5.74, 6) is 4.35. The van der Waals surface area contributed by atoms with E-state index in [0.29, 0.717) is 11.8 Å². The Morgan fingerprint density at radius 1 is 1.33 bits per heavy atom. The summed E-state index contributed by atoms with van der Waals surface area (Å²) in [6.07, 6.45) is 5.33. The third-order valence-corrected chi connectivity index (χ3v) is 4.89. The number of nitrogens with one attached hydrogen (secondary N) is 1. The smallest absolute Gasteiger partial charge is 0.240 e. The molecule has 6 heteroatoms. The second kappa shape index (κ2) is 8.44. The Labute approximate surface area is 131 Å². The van der Waals surface area contributed by atoms with Crippen molar-refractivity contribution >= 4 is 11.8 Å². The summed E-state index contributed by atoms with van der Waals surface area (Å²) in [7, 11) is 3.22. The van der Waals surface area contributed by atoms with Gasteiger partial charge in [-0.05, 0) is 43.2 Å². The van der Waals surface area contributed by atoms with Gasteiger partial charge in [-0.3, -0.25) is 0 Å². The Morgan fingerprint density at radius 3 is 2.71 bits per heavy atom. The van der Waals surface area contributed by atoms with E-state index in [-0.39, 0.29) is 6.04 Å². The van der Waals surface area contributed by atoms with Gasteiger partial charge >= 0.3 is 0 Å². The number of ether oxygens (including phenoxy) is 2. The molecule has 1 N–H and O–H groups in total. The van der Waals surface area contributed by atoms with Crippen LogP contribution in [-0.4, -0.2) is 42.2 Å². The van der Waals surface area contributed by atoms with E-state index in [0.717, 1.165) is 24.6 Å². The van der Waals surface area contributed by atoms with Gasteiger partial charge in [-0.25, -0.2) is 4.98 Å². The van der Waals surface area contributed by atoms with Gasteiger partial charge in [0.25, 0.3) is 0 Å². The minimum atomic E-state index is 0.191. The van der Waals surface area contributed by atoms with Crippen molar-refractivity contribution in [3.05, 3.63) is 11.9 Å². The Morgan fingerprint density at radius 2 is 2.10 bits per heavy atom. The van der Waals surface area contributed by atoms with Crippen LogP contribution >= 0.6 is 11.8 Å². The summed E-state index contributed by atoms with van der Waals surface area (Å²) < 4.78 is 10.5. The first-order valence-corrected chi connectivity index (χ1v) is 8.70. The molecule has 1 aromatic rings. The minimum absolute atomic E-state index is 0.191. The van der Waals surface area contributed by atoms with Crippen molar-refractivity contribution in [2.24, 2.45) is 5.92 Å². The van der Waals surface area contributed by atoms with Gasteiger partial charge in [0.05, 0.1) is 26.5 Å². The molecular weight excluding hydrogens is 286 g/mol. The highest BCUT2D eigenvalue weighted by atomic mass is 32.2. The van der Waals surface area contributed by atoms with Gasteiger partial charge in [-0.1, -0.05) is 6.92 Å². The van der Waals surface area contributed by atoms with Crippen LogP contribution in [-0.2, 0) is 0 Å². The number of hydrogen-bond donors (Lipinski definition) is 1. The lowest BCUT2D eigenvalue weighted by Crippen LogP contribution is -2.26. The molecule has 1 aliphatic rings. The number of aromatic nitrogens is 2. The molecule has 0 aliphatic carbocycles. The maximum absolute atomic E-state index is 5.41. The molecule has 1 atom stereocenters. The molecule has 0 amide bonds. The third-order valence-electron chi connectivity index (χ3n) is 3.84. The van der Waals surface area contributed by atoms with Crippen LogP contribution in [0.15, 0.2) is 6.20 Å². The van der Waals surface area contributed by atoms with Crippen LogP contribution < -0.4 is 14.8 Å². The standard InChI is InChI=1S/C15H25N3O2S/c1-4-16-12(9-11-5-7-21-8-6-11)14-15(20-3)18-13(19-2)10-17-14/h10-12,16H,4-9H2,1-3H3. The van der Waals surface area contributed by atoms with E-state index >= 15 is 0 Å². The molecule has 0 aromatic carbocycles. The van der Waals surface area contributed by atoms with E-state index in [1.165, 1.54) is 24.3 Å². The number of methoxy groups -OCH3 is 2. The van der Waals surface area contributed by atoms with Crippen molar-refractivity contribution in [3.8, 4) is 11.8 Å². The summed E-state index contributed by atoms with van der Waals surface area (Å²) in [5.41, 5.74) is 0.887. The highest BCUT2D eigenvalue weighted by molar-refractivity contribution is 7.99. The van der Waals surface area contributed by atoms with E-state index in [1.54, 1.807) is 20.4 Å². The second-order valence-electron chi connectivity index (χ2n) is 5.21. The average Bonchev–Trinajstić information content (AvgIpc) is 2.55. The van der Waals surface area contributed by atoms with Crippen molar-refractivity contribution in [2.45, 2.75) is 32.2 Å². The van der Waals surface area contributed by atoms with Gasteiger partial charge in [-0.2, -0.15) is 16.7 Å². The fourth-order valence-electron chi connectivity index (χ4n) is 2.71. The van der Waals surface area contributed by atoms with Gasteiger partial charge in [0.1, 0.15) is 5.69 Å². The summed E-state index contributed by atoms with van der Waals surface area (Å²) in [4.78, 5) is 8.88. The normalized spacial score (nSPS) is 17.5. The zero-order valence-electron chi connectivity index (χ0n) is 13.1. The molecule has 1 aliphatic heterocycles. The third kappa shape index (κ3) is 4.48. The van der Waals surface area contributed by atoms with Crippen molar-refractivity contribution in [1.82, 2.24) is 15.3 Å². The first kappa shape index (κ1) is 16.4. The molecule has 21 heavy (non-hydrogen) atoms. The number of nitrogens with zero attached hydrogens (tertiary/aromatic N) is 2. The van der Waals surface area contributed by atoms with Crippen LogP contribution in [0.2, 0.25) is 0 Å². The lowest BCUT2D eigenvalue weighted by Gasteiger charge is -2.27. The van der Waals surface area contributed by atoms with E-state index < -0.39 is 0 Å². The molecule has 2 rings (SSSR count). The van der Waals surface area contributed by atoms with Gasteiger partial charge in [0.2, 0.25) is 11.8 Å². The van der Waals surface area contributed by atoms with Crippen LogP contribution in [0.5, 0.6) is 11.8 Å². The molecular formula is C15H25N3O2S. The topological polar surface area (TPSA) is 56.3 Å². The molecule has 0 bridgehead atoms. The molecule has 1 saturated heterocycles. The predicted octanol–water partition coefficient (Wildman–Crippen LogP) is 2.68. The summed E-state index contributed by atoms with van der Waals surface area (Å²) >= 11 is 2.06. The Balaban J connectivity index is 2.15. The largest absolute Gasteiger partial charge is 0.480 e. The average molecular weight is 311 g/mol. The summed E-state index contributed by atoms with van der Waals surface area (Å²) in [5, 5.41) is 3.53. The first-order chi connectivity index (χ1) is 10.3. The van der Waals surface area contributed by atoms with Gasteiger partial charge in [0.15, 0.2) is 0 Å². The fourth-order valence-corrected chi connectivity index (χ4v) is 3.91. The van der Waals surface area contributed by atoms with Crippen molar-refractivity contribution in [1.29, 1.82) is 0 Å². The van der Waals surface area contributed by atoms with Gasteiger partial charge < -0.3 is 14.8 Å². The lowest BCUT2D eigenvalue weighted by molar-refractivity contribution is 0.330. The Bertz CT molecular complexity index is 439. The van der Waals surface area contributed by atoms with Crippen LogP contribution in [0.3, 0.4) is 0 Å². The maximum atomic E-state index is 5.41. The quantitative estimate of drug-likeness (QED) is 0.835. The van der Waals surface area contributed by atoms with E-state index in [9.17, 15) is 0 Å². The van der Waals surface area contributed by atoms with E-state index in [1.807, 2.05) is 0 Å². The number of thioether (sulfide) groups is 1. The molecule has 0 saturated carbocycles. The van der Waals surface area contributed by atoms with Crippen molar-refractivity contribution < 1.29 is 9.47 Å². The molecule has 5 nitrogen and oxygen atoms in total. The second-order valence-corrected chi connectivity index (χ2v) is 6.43. The van der Waals surface area contributed by atoms with Gasteiger partial charge in [-0.15, -0.1) is 0 Å². The molecule has 1 unspecified atom stereocenters. The molecule has 1 fully saturated rings. The van der Waals surface area contributed by atoms with E-state index in [2.05, 4.69) is 34.0 Å². The molecule has 0 spiro atoms. The zero-order valence-corrected chi connectivity index (χ0v) is 13.9. The SMILES string of the molecule is CCNC(CC1CCSCC1)c1ncc(OC)nc1OC. The predicted molar refractivity (Wildman–Crippen MR) is 86.2 cm³/mol. The Kier molecular flexibility index (Phi) is 6.57. The summed E-state index contributed by atoms with van der Waals surface area (Å²) in [6, 6.07) is 0.191. The lowest BCUT2D eigenvalue weighted by atomic mass is 9.92.